The molecule has 0 fully saturated rings. The van der Waals surface area contributed by atoms with Crippen molar-refractivity contribution in [1.82, 2.24) is 20.2 Å². The highest BCUT2D eigenvalue weighted by Crippen LogP contribution is 2.25. The third-order valence-corrected chi connectivity index (χ3v) is 2.73. The summed E-state index contributed by atoms with van der Waals surface area (Å²) in [7, 11) is 0. The molecule has 0 spiro atoms. The minimum Gasteiger partial charge on any atom is -0.326 e. The smallest absolute Gasteiger partial charge is 0.129 e. The molecule has 0 radical (unpaired) electrons. The fraction of sp³-hybridized carbons (Fsp3) is 0.111. The van der Waals surface area contributed by atoms with Crippen LogP contribution in [-0.4, -0.2) is 20.2 Å². The molecule has 0 atom stereocenters. The molecule has 2 aromatic heterocycles. The van der Waals surface area contributed by atoms with Crippen LogP contribution in [0.5, 0.6) is 0 Å². The molecule has 0 aliphatic rings. The molecular formula is C9H9N5S. The van der Waals surface area contributed by atoms with Crippen molar-refractivity contribution in [3.8, 4) is 0 Å². The van der Waals surface area contributed by atoms with Gasteiger partial charge in [0.15, 0.2) is 0 Å². The van der Waals surface area contributed by atoms with Crippen LogP contribution >= 0.6 is 11.8 Å². The summed E-state index contributed by atoms with van der Waals surface area (Å²) >= 11 is 1.43. The van der Waals surface area contributed by atoms with Gasteiger partial charge < -0.3 is 5.73 Å². The normalized spacial score (nSPS) is 10.2. The van der Waals surface area contributed by atoms with Gasteiger partial charge in [0, 0.05) is 24.5 Å². The van der Waals surface area contributed by atoms with Crippen LogP contribution in [0, 0.1) is 0 Å². The predicted octanol–water partition coefficient (Wildman–Crippen LogP) is 0.876. The van der Waals surface area contributed by atoms with Crippen LogP contribution in [0.2, 0.25) is 0 Å². The third-order valence-electron chi connectivity index (χ3n) is 1.74. The molecule has 0 unspecified atom stereocenters. The van der Waals surface area contributed by atoms with E-state index in [2.05, 4.69) is 20.2 Å². The van der Waals surface area contributed by atoms with Crippen molar-refractivity contribution in [3.63, 3.8) is 0 Å². The second-order valence-electron chi connectivity index (χ2n) is 2.72. The summed E-state index contributed by atoms with van der Waals surface area (Å²) in [6, 6.07) is 3.68. The first-order valence-electron chi connectivity index (χ1n) is 4.34. The van der Waals surface area contributed by atoms with E-state index in [1.54, 1.807) is 12.4 Å². The molecule has 0 amide bonds. The van der Waals surface area contributed by atoms with E-state index >= 15 is 0 Å². The Bertz CT molecular complexity index is 434. The van der Waals surface area contributed by atoms with Crippen LogP contribution < -0.4 is 5.73 Å². The molecular weight excluding hydrogens is 210 g/mol. The minimum atomic E-state index is 0.447. The summed E-state index contributed by atoms with van der Waals surface area (Å²) in [5, 5.41) is 9.46. The number of nitrogens with zero attached hydrogens (tertiary/aromatic N) is 4. The summed E-state index contributed by atoms with van der Waals surface area (Å²) < 4.78 is 0. The van der Waals surface area contributed by atoms with Gasteiger partial charge in [-0.15, -0.1) is 5.10 Å². The monoisotopic (exact) mass is 219 g/mol. The van der Waals surface area contributed by atoms with E-state index in [4.69, 9.17) is 5.73 Å². The van der Waals surface area contributed by atoms with Crippen molar-refractivity contribution in [3.05, 3.63) is 36.4 Å². The molecule has 0 bridgehead atoms. The Morgan fingerprint density at radius 1 is 1.27 bits per heavy atom. The molecule has 0 aliphatic heterocycles. The van der Waals surface area contributed by atoms with Gasteiger partial charge in [-0.05, 0) is 23.9 Å². The first-order valence-corrected chi connectivity index (χ1v) is 5.16. The maximum atomic E-state index is 5.59. The zero-order valence-corrected chi connectivity index (χ0v) is 8.68. The molecule has 2 N–H and O–H groups in total. The fourth-order valence-corrected chi connectivity index (χ4v) is 1.82. The van der Waals surface area contributed by atoms with Gasteiger partial charge in [0.05, 0.1) is 0 Å². The summed E-state index contributed by atoms with van der Waals surface area (Å²) in [5.41, 5.74) is 6.56. The third kappa shape index (κ3) is 2.48. The maximum Gasteiger partial charge on any atom is 0.129 e. The highest BCUT2D eigenvalue weighted by atomic mass is 32.2. The van der Waals surface area contributed by atoms with Gasteiger partial charge in [0.2, 0.25) is 0 Å². The molecule has 76 valence electrons. The SMILES string of the molecule is NCc1ccnnc1Sc1ccncn1. The minimum absolute atomic E-state index is 0.447. The molecule has 0 aliphatic carbocycles. The molecule has 2 heterocycles. The Hall–Kier alpha value is -1.53. The topological polar surface area (TPSA) is 77.6 Å². The number of rotatable bonds is 3. The Morgan fingerprint density at radius 2 is 2.20 bits per heavy atom. The van der Waals surface area contributed by atoms with E-state index < -0.39 is 0 Å². The lowest BCUT2D eigenvalue weighted by atomic mass is 10.3. The average molecular weight is 219 g/mol. The van der Waals surface area contributed by atoms with Crippen molar-refractivity contribution in [2.75, 3.05) is 0 Å². The molecule has 2 aromatic rings. The first kappa shape index (κ1) is 10.0. The average Bonchev–Trinajstić information content (AvgIpc) is 2.31. The van der Waals surface area contributed by atoms with Crippen LogP contribution in [0.4, 0.5) is 0 Å². The molecule has 0 saturated carbocycles. The summed E-state index contributed by atoms with van der Waals surface area (Å²) in [5.74, 6) is 0. The molecule has 5 nitrogen and oxygen atoms in total. The Morgan fingerprint density at radius 3 is 2.93 bits per heavy atom. The predicted molar refractivity (Wildman–Crippen MR) is 56.1 cm³/mol. The zero-order valence-electron chi connectivity index (χ0n) is 7.87. The van der Waals surface area contributed by atoms with Crippen LogP contribution in [0.15, 0.2) is 40.9 Å². The van der Waals surface area contributed by atoms with Gasteiger partial charge in [-0.2, -0.15) is 5.10 Å². The number of hydrogen-bond donors (Lipinski definition) is 1. The van der Waals surface area contributed by atoms with Gasteiger partial charge in [0.25, 0.3) is 0 Å². The van der Waals surface area contributed by atoms with Crippen molar-refractivity contribution >= 4 is 11.8 Å². The number of aromatic nitrogens is 4. The molecule has 15 heavy (non-hydrogen) atoms. The Labute approximate surface area is 91.2 Å². The van der Waals surface area contributed by atoms with E-state index in [9.17, 15) is 0 Å². The second kappa shape index (κ2) is 4.81. The van der Waals surface area contributed by atoms with E-state index in [1.807, 2.05) is 12.1 Å². The van der Waals surface area contributed by atoms with Gasteiger partial charge >= 0.3 is 0 Å². The van der Waals surface area contributed by atoms with Crippen LogP contribution in [0.1, 0.15) is 5.56 Å². The van der Waals surface area contributed by atoms with Crippen molar-refractivity contribution in [2.45, 2.75) is 16.6 Å². The lowest BCUT2D eigenvalue weighted by Gasteiger charge is -2.03. The summed E-state index contributed by atoms with van der Waals surface area (Å²) in [6.07, 6.45) is 4.82. The van der Waals surface area contributed by atoms with E-state index in [1.165, 1.54) is 18.1 Å². The lowest BCUT2D eigenvalue weighted by molar-refractivity contribution is 0.864. The summed E-state index contributed by atoms with van der Waals surface area (Å²) in [4.78, 5) is 7.94. The van der Waals surface area contributed by atoms with Crippen molar-refractivity contribution < 1.29 is 0 Å². The highest BCUT2D eigenvalue weighted by molar-refractivity contribution is 7.99. The number of hydrogen-bond acceptors (Lipinski definition) is 6. The van der Waals surface area contributed by atoms with E-state index in [0.717, 1.165) is 15.6 Å². The Balaban J connectivity index is 2.24. The molecule has 2 rings (SSSR count). The van der Waals surface area contributed by atoms with Crippen LogP contribution in [0.25, 0.3) is 0 Å². The summed E-state index contributed by atoms with van der Waals surface area (Å²) in [6.45, 7) is 0.447. The quantitative estimate of drug-likeness (QED) is 0.772. The largest absolute Gasteiger partial charge is 0.326 e. The molecule has 6 heteroatoms. The van der Waals surface area contributed by atoms with Gasteiger partial charge in [-0.1, -0.05) is 0 Å². The van der Waals surface area contributed by atoms with Crippen molar-refractivity contribution in [2.24, 2.45) is 5.73 Å². The first-order chi connectivity index (χ1) is 7.40. The maximum absolute atomic E-state index is 5.59. The Kier molecular flexibility index (Phi) is 3.21. The zero-order chi connectivity index (χ0) is 10.5. The van der Waals surface area contributed by atoms with E-state index in [-0.39, 0.29) is 0 Å². The molecule has 0 saturated heterocycles. The lowest BCUT2D eigenvalue weighted by Crippen LogP contribution is -2.01. The highest BCUT2D eigenvalue weighted by Gasteiger charge is 2.05. The van der Waals surface area contributed by atoms with Gasteiger partial charge in [-0.25, -0.2) is 9.97 Å². The second-order valence-corrected chi connectivity index (χ2v) is 3.72. The van der Waals surface area contributed by atoms with Crippen molar-refractivity contribution in [1.29, 1.82) is 0 Å². The van der Waals surface area contributed by atoms with Crippen LogP contribution in [0.3, 0.4) is 0 Å². The number of nitrogens with two attached hydrogens (primary N) is 1. The van der Waals surface area contributed by atoms with E-state index in [0.29, 0.717) is 6.54 Å². The fourth-order valence-electron chi connectivity index (χ4n) is 1.02. The van der Waals surface area contributed by atoms with Gasteiger partial charge in [0.1, 0.15) is 16.4 Å². The molecule has 0 aromatic carbocycles. The van der Waals surface area contributed by atoms with Crippen LogP contribution in [-0.2, 0) is 6.54 Å². The standard InChI is InChI=1S/C9H9N5S/c10-5-7-1-4-13-14-9(7)15-8-2-3-11-6-12-8/h1-4,6H,5,10H2. The van der Waals surface area contributed by atoms with Gasteiger partial charge in [-0.3, -0.25) is 0 Å².